The quantitative estimate of drug-likeness (QED) is 0.498. The first kappa shape index (κ1) is 11.9. The van der Waals surface area contributed by atoms with Gasteiger partial charge < -0.3 is 14.2 Å². The maximum Gasteiger partial charge on any atom is 0.0860 e. The van der Waals surface area contributed by atoms with Crippen molar-refractivity contribution < 1.29 is 14.2 Å². The Balaban J connectivity index is 2.73. The zero-order valence-corrected chi connectivity index (χ0v) is 8.04. The van der Waals surface area contributed by atoms with E-state index in [9.17, 15) is 0 Å². The molecule has 0 spiro atoms. The lowest BCUT2D eigenvalue weighted by molar-refractivity contribution is 0.0681. The molecule has 0 bridgehead atoms. The van der Waals surface area contributed by atoms with Crippen molar-refractivity contribution in [2.75, 3.05) is 33.0 Å². The number of hydrogen-bond acceptors (Lipinski definition) is 3. The van der Waals surface area contributed by atoms with Crippen LogP contribution in [0.2, 0.25) is 0 Å². The first-order valence-electron chi connectivity index (χ1n) is 4.50. The molecule has 0 aromatic rings. The third-order valence-electron chi connectivity index (χ3n) is 1.25. The van der Waals surface area contributed by atoms with E-state index in [2.05, 4.69) is 0 Å². The van der Waals surface area contributed by atoms with E-state index < -0.39 is 0 Å². The predicted molar refractivity (Wildman–Crippen MR) is 47.9 cm³/mol. The predicted octanol–water partition coefficient (Wildman–Crippen LogP) is 1.63. The average molecular weight is 175 g/mol. The van der Waals surface area contributed by atoms with E-state index in [4.69, 9.17) is 14.2 Å². The highest BCUT2D eigenvalue weighted by atomic mass is 16.5. The van der Waals surface area contributed by atoms with Gasteiger partial charge in [0.05, 0.1) is 19.8 Å². The molecular weight excluding hydrogens is 156 g/mol. The van der Waals surface area contributed by atoms with E-state index in [0.717, 1.165) is 26.2 Å². The summed E-state index contributed by atoms with van der Waals surface area (Å²) >= 11 is 0. The van der Waals surface area contributed by atoms with Crippen LogP contribution < -0.4 is 0 Å². The number of rotatable bonds is 9. The summed E-state index contributed by atoms with van der Waals surface area (Å²) in [6, 6.07) is 0. The molecular formula is C9H19O3. The summed E-state index contributed by atoms with van der Waals surface area (Å²) in [5, 5.41) is 0. The van der Waals surface area contributed by atoms with Crippen molar-refractivity contribution in [2.24, 2.45) is 0 Å². The first-order valence-corrected chi connectivity index (χ1v) is 4.50. The molecule has 0 rings (SSSR count). The zero-order chi connectivity index (χ0) is 9.07. The van der Waals surface area contributed by atoms with Crippen LogP contribution in [0.1, 0.15) is 20.3 Å². The lowest BCUT2D eigenvalue weighted by Gasteiger charge is -2.03. The Hall–Kier alpha value is -0.120. The van der Waals surface area contributed by atoms with Crippen LogP contribution in [0.15, 0.2) is 0 Å². The molecule has 0 aliphatic rings. The lowest BCUT2D eigenvalue weighted by atomic mass is 10.5. The Kier molecular flexibility index (Phi) is 10.8. The van der Waals surface area contributed by atoms with Gasteiger partial charge in [-0.05, 0) is 20.3 Å². The molecule has 0 aromatic carbocycles. The minimum absolute atomic E-state index is 0.639. The van der Waals surface area contributed by atoms with E-state index in [-0.39, 0.29) is 0 Å². The Morgan fingerprint density at radius 3 is 2.25 bits per heavy atom. The van der Waals surface area contributed by atoms with Gasteiger partial charge in [0.2, 0.25) is 0 Å². The fourth-order valence-electron chi connectivity index (χ4n) is 0.694. The molecule has 0 atom stereocenters. The van der Waals surface area contributed by atoms with Crippen LogP contribution in [-0.2, 0) is 14.2 Å². The summed E-state index contributed by atoms with van der Waals surface area (Å²) in [4.78, 5) is 0. The normalized spacial score (nSPS) is 10.5. The van der Waals surface area contributed by atoms with Crippen LogP contribution in [0.5, 0.6) is 0 Å². The monoisotopic (exact) mass is 175 g/mol. The van der Waals surface area contributed by atoms with E-state index in [1.165, 1.54) is 0 Å². The second kappa shape index (κ2) is 10.9. The van der Waals surface area contributed by atoms with Crippen molar-refractivity contribution in [1.82, 2.24) is 0 Å². The van der Waals surface area contributed by atoms with Gasteiger partial charge in [-0.25, -0.2) is 0 Å². The van der Waals surface area contributed by atoms with E-state index in [0.29, 0.717) is 13.2 Å². The molecule has 0 aromatic heterocycles. The van der Waals surface area contributed by atoms with Gasteiger partial charge in [0, 0.05) is 19.8 Å². The third kappa shape index (κ3) is 9.88. The fraction of sp³-hybridized carbons (Fsp3) is 0.889. The highest BCUT2D eigenvalue weighted by molar-refractivity contribution is 4.48. The molecule has 0 saturated heterocycles. The van der Waals surface area contributed by atoms with Gasteiger partial charge in [0.25, 0.3) is 0 Å². The lowest BCUT2D eigenvalue weighted by Crippen LogP contribution is -2.03. The minimum Gasteiger partial charge on any atom is -0.382 e. The standard InChI is InChI=1S/C9H19O3/c1-3-10-6-5-7-12-9-8-11-4-2/h7H,3-6,8-9H2,1-2H3. The summed E-state index contributed by atoms with van der Waals surface area (Å²) < 4.78 is 15.4. The fourth-order valence-corrected chi connectivity index (χ4v) is 0.694. The van der Waals surface area contributed by atoms with Gasteiger partial charge in [0.15, 0.2) is 0 Å². The molecule has 0 aliphatic carbocycles. The van der Waals surface area contributed by atoms with Crippen molar-refractivity contribution in [2.45, 2.75) is 20.3 Å². The maximum absolute atomic E-state index is 5.15. The molecule has 0 aliphatic heterocycles. The van der Waals surface area contributed by atoms with Crippen molar-refractivity contribution in [3.05, 3.63) is 6.61 Å². The highest BCUT2D eigenvalue weighted by Crippen LogP contribution is 1.90. The third-order valence-corrected chi connectivity index (χ3v) is 1.25. The molecule has 12 heavy (non-hydrogen) atoms. The topological polar surface area (TPSA) is 27.7 Å². The van der Waals surface area contributed by atoms with Crippen LogP contribution in [0.3, 0.4) is 0 Å². The van der Waals surface area contributed by atoms with Crippen LogP contribution in [0.25, 0.3) is 0 Å². The first-order chi connectivity index (χ1) is 5.91. The zero-order valence-electron chi connectivity index (χ0n) is 8.04. The van der Waals surface area contributed by atoms with Crippen molar-refractivity contribution in [3.63, 3.8) is 0 Å². The van der Waals surface area contributed by atoms with Crippen LogP contribution in [0.4, 0.5) is 0 Å². The van der Waals surface area contributed by atoms with Crippen molar-refractivity contribution >= 4 is 0 Å². The van der Waals surface area contributed by atoms with Crippen LogP contribution in [0, 0.1) is 6.61 Å². The molecule has 0 heterocycles. The maximum atomic E-state index is 5.15. The van der Waals surface area contributed by atoms with Crippen LogP contribution >= 0.6 is 0 Å². The minimum atomic E-state index is 0.639. The number of ether oxygens (including phenoxy) is 3. The molecule has 73 valence electrons. The van der Waals surface area contributed by atoms with Gasteiger partial charge in [-0.2, -0.15) is 0 Å². The summed E-state index contributed by atoms with van der Waals surface area (Å²) in [7, 11) is 0. The average Bonchev–Trinajstić information content (AvgIpc) is 2.10. The summed E-state index contributed by atoms with van der Waals surface area (Å²) in [6.45, 7) is 9.30. The van der Waals surface area contributed by atoms with Gasteiger partial charge in [0.1, 0.15) is 0 Å². The Labute approximate surface area is 75.0 Å². The molecule has 0 amide bonds. The van der Waals surface area contributed by atoms with E-state index in [1.807, 2.05) is 13.8 Å². The molecule has 1 radical (unpaired) electrons. The SMILES string of the molecule is CCOCC[CH]OCCOCC. The van der Waals surface area contributed by atoms with Gasteiger partial charge in [-0.15, -0.1) is 0 Å². The molecule has 0 fully saturated rings. The second-order valence-corrected chi connectivity index (χ2v) is 2.22. The molecule has 0 N–H and O–H groups in total. The summed E-state index contributed by atoms with van der Waals surface area (Å²) in [6.07, 6.45) is 0.847. The van der Waals surface area contributed by atoms with E-state index in [1.54, 1.807) is 6.61 Å². The molecule has 0 unspecified atom stereocenters. The van der Waals surface area contributed by atoms with Gasteiger partial charge in [-0.1, -0.05) is 0 Å². The Bertz CT molecular complexity index is 66.2. The van der Waals surface area contributed by atoms with Crippen molar-refractivity contribution in [1.29, 1.82) is 0 Å². The summed E-state index contributed by atoms with van der Waals surface area (Å²) in [5.74, 6) is 0. The van der Waals surface area contributed by atoms with Crippen LogP contribution in [-0.4, -0.2) is 33.0 Å². The number of hydrogen-bond donors (Lipinski definition) is 0. The Morgan fingerprint density at radius 1 is 0.917 bits per heavy atom. The van der Waals surface area contributed by atoms with E-state index >= 15 is 0 Å². The largest absolute Gasteiger partial charge is 0.382 e. The highest BCUT2D eigenvalue weighted by Gasteiger charge is 1.89. The van der Waals surface area contributed by atoms with Gasteiger partial charge in [-0.3, -0.25) is 0 Å². The molecule has 0 saturated carbocycles. The van der Waals surface area contributed by atoms with Crippen molar-refractivity contribution in [3.8, 4) is 0 Å². The van der Waals surface area contributed by atoms with Gasteiger partial charge >= 0.3 is 0 Å². The smallest absolute Gasteiger partial charge is 0.0860 e. The molecule has 3 heteroatoms. The summed E-state index contributed by atoms with van der Waals surface area (Å²) in [5.41, 5.74) is 0. The second-order valence-electron chi connectivity index (χ2n) is 2.22. The molecule has 3 nitrogen and oxygen atoms in total. The Morgan fingerprint density at radius 2 is 1.58 bits per heavy atom.